The maximum absolute atomic E-state index is 10.9. The molecule has 4 nitrogen and oxygen atoms in total. The first-order valence-corrected chi connectivity index (χ1v) is 5.55. The van der Waals surface area contributed by atoms with Gasteiger partial charge in [0.05, 0.1) is 6.61 Å². The second-order valence-electron chi connectivity index (χ2n) is 3.35. The van der Waals surface area contributed by atoms with Gasteiger partial charge in [-0.1, -0.05) is 31.4 Å². The van der Waals surface area contributed by atoms with Crippen molar-refractivity contribution in [2.45, 2.75) is 26.2 Å². The standard InChI is InChI=1S/C11H14ClNO3/c1-2-3-4-7-16-10-8(11(14)15)5-6-9(12)13-10/h5-6H,2-4,7H2,1H3,(H,14,15). The number of aromatic carboxylic acids is 1. The lowest BCUT2D eigenvalue weighted by molar-refractivity contribution is 0.0691. The van der Waals surface area contributed by atoms with Gasteiger partial charge in [0.2, 0.25) is 5.88 Å². The molecule has 0 bridgehead atoms. The average molecular weight is 244 g/mol. The Morgan fingerprint density at radius 2 is 2.25 bits per heavy atom. The molecule has 5 heteroatoms. The van der Waals surface area contributed by atoms with Crippen LogP contribution in [0.15, 0.2) is 12.1 Å². The van der Waals surface area contributed by atoms with Crippen LogP contribution in [0.1, 0.15) is 36.5 Å². The first-order valence-electron chi connectivity index (χ1n) is 5.17. The summed E-state index contributed by atoms with van der Waals surface area (Å²) in [6.45, 7) is 2.54. The molecule has 0 aromatic carbocycles. The highest BCUT2D eigenvalue weighted by Gasteiger charge is 2.13. The minimum atomic E-state index is -1.06. The molecule has 1 aromatic rings. The Labute approximate surface area is 99.2 Å². The van der Waals surface area contributed by atoms with Crippen LogP contribution in [0.2, 0.25) is 5.15 Å². The molecule has 0 atom stereocenters. The number of unbranched alkanes of at least 4 members (excludes halogenated alkanes) is 2. The Bertz CT molecular complexity index is 368. The van der Waals surface area contributed by atoms with Crippen LogP contribution in [0.25, 0.3) is 0 Å². The molecule has 1 rings (SSSR count). The van der Waals surface area contributed by atoms with Gasteiger partial charge in [0.15, 0.2) is 0 Å². The maximum Gasteiger partial charge on any atom is 0.341 e. The summed E-state index contributed by atoms with van der Waals surface area (Å²) in [5.41, 5.74) is 0.0425. The largest absolute Gasteiger partial charge is 0.477 e. The summed E-state index contributed by atoms with van der Waals surface area (Å²) in [4.78, 5) is 14.7. The Morgan fingerprint density at radius 3 is 2.88 bits per heavy atom. The second-order valence-corrected chi connectivity index (χ2v) is 3.73. The molecule has 1 heterocycles. The number of carbonyl (C=O) groups is 1. The molecule has 0 fully saturated rings. The highest BCUT2D eigenvalue weighted by molar-refractivity contribution is 6.29. The first kappa shape index (κ1) is 12.8. The third kappa shape index (κ3) is 3.70. The normalized spacial score (nSPS) is 10.1. The fourth-order valence-electron chi connectivity index (χ4n) is 1.21. The number of carboxylic acids is 1. The third-order valence-corrected chi connectivity index (χ3v) is 2.25. The minimum Gasteiger partial charge on any atom is -0.477 e. The number of halogens is 1. The van der Waals surface area contributed by atoms with E-state index in [0.717, 1.165) is 19.3 Å². The van der Waals surface area contributed by atoms with Crippen LogP contribution in [0, 0.1) is 0 Å². The van der Waals surface area contributed by atoms with Gasteiger partial charge in [0, 0.05) is 0 Å². The van der Waals surface area contributed by atoms with Gasteiger partial charge in [-0.25, -0.2) is 9.78 Å². The van der Waals surface area contributed by atoms with Crippen LogP contribution in [0.4, 0.5) is 0 Å². The lowest BCUT2D eigenvalue weighted by Gasteiger charge is -2.07. The Hall–Kier alpha value is -1.29. The number of carboxylic acid groups (broad SMARTS) is 1. The zero-order valence-electron chi connectivity index (χ0n) is 9.07. The summed E-state index contributed by atoms with van der Waals surface area (Å²) in [5, 5.41) is 9.13. The van der Waals surface area contributed by atoms with Crippen molar-refractivity contribution in [3.63, 3.8) is 0 Å². The molecule has 0 saturated carbocycles. The van der Waals surface area contributed by atoms with E-state index in [1.807, 2.05) is 0 Å². The number of rotatable bonds is 6. The van der Waals surface area contributed by atoms with Gasteiger partial charge in [-0.3, -0.25) is 0 Å². The molecule has 0 unspecified atom stereocenters. The van der Waals surface area contributed by atoms with Crippen molar-refractivity contribution >= 4 is 17.6 Å². The van der Waals surface area contributed by atoms with Crippen molar-refractivity contribution < 1.29 is 14.6 Å². The third-order valence-electron chi connectivity index (χ3n) is 2.04. The summed E-state index contributed by atoms with van der Waals surface area (Å²) in [7, 11) is 0. The van der Waals surface area contributed by atoms with Crippen LogP contribution in [-0.4, -0.2) is 22.7 Å². The van der Waals surface area contributed by atoms with Gasteiger partial charge >= 0.3 is 5.97 Å². The van der Waals surface area contributed by atoms with E-state index in [1.54, 1.807) is 0 Å². The number of ether oxygens (including phenoxy) is 1. The smallest absolute Gasteiger partial charge is 0.341 e. The summed E-state index contributed by atoms with van der Waals surface area (Å²) in [6, 6.07) is 2.83. The van der Waals surface area contributed by atoms with Crippen molar-refractivity contribution in [2.24, 2.45) is 0 Å². The van der Waals surface area contributed by atoms with Gasteiger partial charge in [-0.2, -0.15) is 0 Å². The van der Waals surface area contributed by atoms with Crippen LogP contribution in [0.5, 0.6) is 5.88 Å². The molecule has 0 aliphatic heterocycles. The van der Waals surface area contributed by atoms with Gasteiger partial charge in [-0.05, 0) is 18.6 Å². The number of aromatic nitrogens is 1. The topological polar surface area (TPSA) is 59.4 Å². The van der Waals surface area contributed by atoms with E-state index in [-0.39, 0.29) is 16.6 Å². The zero-order chi connectivity index (χ0) is 12.0. The van der Waals surface area contributed by atoms with Crippen molar-refractivity contribution in [3.05, 3.63) is 22.8 Å². The molecular formula is C11H14ClNO3. The van der Waals surface area contributed by atoms with Crippen molar-refractivity contribution in [3.8, 4) is 5.88 Å². The van der Waals surface area contributed by atoms with Gasteiger partial charge in [0.25, 0.3) is 0 Å². The van der Waals surface area contributed by atoms with Crippen LogP contribution in [0.3, 0.4) is 0 Å². The fraction of sp³-hybridized carbons (Fsp3) is 0.455. The van der Waals surface area contributed by atoms with Gasteiger partial charge in [-0.15, -0.1) is 0 Å². The predicted octanol–water partition coefficient (Wildman–Crippen LogP) is 3.00. The minimum absolute atomic E-state index is 0.0425. The SMILES string of the molecule is CCCCCOc1nc(Cl)ccc1C(=O)O. The van der Waals surface area contributed by atoms with E-state index in [2.05, 4.69) is 11.9 Å². The van der Waals surface area contributed by atoms with Gasteiger partial charge in [0.1, 0.15) is 10.7 Å². The zero-order valence-corrected chi connectivity index (χ0v) is 9.83. The summed E-state index contributed by atoms with van der Waals surface area (Å²) >= 11 is 5.68. The summed E-state index contributed by atoms with van der Waals surface area (Å²) in [5.74, 6) is -0.967. The molecule has 1 N–H and O–H groups in total. The first-order chi connectivity index (χ1) is 7.65. The number of hydrogen-bond acceptors (Lipinski definition) is 3. The second kappa shape index (κ2) is 6.33. The number of hydrogen-bond donors (Lipinski definition) is 1. The Kier molecular flexibility index (Phi) is 5.05. The summed E-state index contributed by atoms with van der Waals surface area (Å²) < 4.78 is 5.30. The molecule has 16 heavy (non-hydrogen) atoms. The molecule has 0 amide bonds. The lowest BCUT2D eigenvalue weighted by Crippen LogP contribution is -2.06. The van der Waals surface area contributed by atoms with Crippen LogP contribution in [-0.2, 0) is 0 Å². The molecule has 0 radical (unpaired) electrons. The highest BCUT2D eigenvalue weighted by atomic mass is 35.5. The highest BCUT2D eigenvalue weighted by Crippen LogP contribution is 2.19. The van der Waals surface area contributed by atoms with E-state index < -0.39 is 5.97 Å². The molecule has 0 aliphatic rings. The number of nitrogens with zero attached hydrogens (tertiary/aromatic N) is 1. The van der Waals surface area contributed by atoms with E-state index in [0.29, 0.717) is 6.61 Å². The van der Waals surface area contributed by atoms with Gasteiger partial charge < -0.3 is 9.84 Å². The Morgan fingerprint density at radius 1 is 1.50 bits per heavy atom. The summed E-state index contributed by atoms with van der Waals surface area (Å²) in [6.07, 6.45) is 3.00. The maximum atomic E-state index is 10.9. The quantitative estimate of drug-likeness (QED) is 0.616. The lowest BCUT2D eigenvalue weighted by atomic mass is 10.2. The van der Waals surface area contributed by atoms with E-state index in [9.17, 15) is 4.79 Å². The average Bonchev–Trinajstić information content (AvgIpc) is 2.24. The van der Waals surface area contributed by atoms with E-state index in [1.165, 1.54) is 12.1 Å². The van der Waals surface area contributed by atoms with Crippen molar-refractivity contribution in [1.82, 2.24) is 4.98 Å². The molecule has 0 spiro atoms. The van der Waals surface area contributed by atoms with Crippen LogP contribution >= 0.6 is 11.6 Å². The molecule has 0 saturated heterocycles. The molecule has 0 aliphatic carbocycles. The van der Waals surface area contributed by atoms with E-state index >= 15 is 0 Å². The number of pyridine rings is 1. The Balaban J connectivity index is 2.68. The molecular weight excluding hydrogens is 230 g/mol. The monoisotopic (exact) mass is 243 g/mol. The van der Waals surface area contributed by atoms with Crippen molar-refractivity contribution in [1.29, 1.82) is 0 Å². The predicted molar refractivity (Wildman–Crippen MR) is 61.2 cm³/mol. The molecule has 88 valence electrons. The van der Waals surface area contributed by atoms with Crippen molar-refractivity contribution in [2.75, 3.05) is 6.61 Å². The van der Waals surface area contributed by atoms with Crippen LogP contribution < -0.4 is 4.74 Å². The molecule has 1 aromatic heterocycles. The van der Waals surface area contributed by atoms with E-state index in [4.69, 9.17) is 21.4 Å². The fourth-order valence-corrected chi connectivity index (χ4v) is 1.35.